The Hall–Kier alpha value is -2.92. The molecule has 1 atom stereocenters. The van der Waals surface area contributed by atoms with Crippen LogP contribution in [0.1, 0.15) is 51.0 Å². The quantitative estimate of drug-likeness (QED) is 0.562. The molecule has 1 N–H and O–H groups in total. The molecule has 1 aromatic carbocycles. The van der Waals surface area contributed by atoms with Crippen molar-refractivity contribution in [2.24, 2.45) is 7.05 Å². The van der Waals surface area contributed by atoms with E-state index in [0.717, 1.165) is 54.0 Å². The van der Waals surface area contributed by atoms with Crippen LogP contribution in [0.15, 0.2) is 59.7 Å². The fourth-order valence-corrected chi connectivity index (χ4v) is 5.12. The van der Waals surface area contributed by atoms with Crippen molar-refractivity contribution in [2.45, 2.75) is 57.5 Å². The van der Waals surface area contributed by atoms with Gasteiger partial charge in [0.1, 0.15) is 5.69 Å². The van der Waals surface area contributed by atoms with Gasteiger partial charge in [-0.3, -0.25) is 9.78 Å². The Morgan fingerprint density at radius 3 is 2.58 bits per heavy atom. The van der Waals surface area contributed by atoms with Crippen molar-refractivity contribution in [3.63, 3.8) is 0 Å². The van der Waals surface area contributed by atoms with Gasteiger partial charge in [-0.2, -0.15) is 0 Å². The molecule has 3 aromatic rings. The first-order chi connectivity index (χ1) is 16.0. The average molecular weight is 443 g/mol. The van der Waals surface area contributed by atoms with Gasteiger partial charge in [0.05, 0.1) is 5.69 Å². The molecule has 0 spiro atoms. The summed E-state index contributed by atoms with van der Waals surface area (Å²) < 4.78 is 1.86. The van der Waals surface area contributed by atoms with Crippen LogP contribution in [-0.2, 0) is 7.05 Å². The van der Waals surface area contributed by atoms with E-state index in [1.807, 2.05) is 36.1 Å². The topological polar surface area (TPSA) is 50.2 Å². The van der Waals surface area contributed by atoms with Crippen LogP contribution in [0.5, 0.6) is 0 Å². The lowest BCUT2D eigenvalue weighted by molar-refractivity contribution is 0.523. The maximum absolute atomic E-state index is 13.7. The molecule has 5 rings (SSSR count). The van der Waals surface area contributed by atoms with E-state index in [1.165, 1.54) is 18.4 Å². The Morgan fingerprint density at radius 2 is 1.85 bits per heavy atom. The number of hydrogen-bond donors (Lipinski definition) is 1. The zero-order valence-electron chi connectivity index (χ0n) is 19.9. The first-order valence-electron chi connectivity index (χ1n) is 12.3. The van der Waals surface area contributed by atoms with Crippen LogP contribution in [0, 0.1) is 0 Å². The van der Waals surface area contributed by atoms with Crippen molar-refractivity contribution in [3.8, 4) is 22.4 Å². The molecule has 2 aliphatic rings. The highest BCUT2D eigenvalue weighted by Gasteiger charge is 2.29. The molecular weight excluding hydrogens is 408 g/mol. The number of aromatic nitrogens is 2. The van der Waals surface area contributed by atoms with Crippen molar-refractivity contribution in [2.75, 3.05) is 18.0 Å². The van der Waals surface area contributed by atoms with Gasteiger partial charge in [-0.1, -0.05) is 32.0 Å². The third-order valence-corrected chi connectivity index (χ3v) is 7.04. The third kappa shape index (κ3) is 4.47. The fourth-order valence-electron chi connectivity index (χ4n) is 5.12. The summed E-state index contributed by atoms with van der Waals surface area (Å²) in [5, 5.41) is 3.57. The van der Waals surface area contributed by atoms with Gasteiger partial charge in [0, 0.05) is 50.2 Å². The molecule has 3 heterocycles. The standard InChI is InChI=1S/C28H34N4O/c1-19(2)30-18-24-8-5-15-32(24)26-17-25(21-11-13-29-14-12-21)27(31(3)28(26)33)23-7-4-6-22(16-23)20-9-10-20/h4,6-7,11-14,16-17,19-20,24,30H,5,8-10,15,18H2,1-3H3/t24-/m1/s1. The van der Waals surface area contributed by atoms with Gasteiger partial charge in [-0.05, 0) is 72.6 Å². The molecular formula is C28H34N4O. The molecule has 0 amide bonds. The molecule has 5 nitrogen and oxygen atoms in total. The van der Waals surface area contributed by atoms with Crippen molar-refractivity contribution in [1.82, 2.24) is 14.9 Å². The number of anilines is 1. The molecule has 172 valence electrons. The summed E-state index contributed by atoms with van der Waals surface area (Å²) in [6.07, 6.45) is 8.41. The first-order valence-corrected chi connectivity index (χ1v) is 12.3. The summed E-state index contributed by atoms with van der Waals surface area (Å²) in [6.45, 7) is 6.16. The smallest absolute Gasteiger partial charge is 0.274 e. The summed E-state index contributed by atoms with van der Waals surface area (Å²) in [7, 11) is 1.92. The van der Waals surface area contributed by atoms with Gasteiger partial charge < -0.3 is 14.8 Å². The zero-order valence-corrected chi connectivity index (χ0v) is 19.9. The van der Waals surface area contributed by atoms with E-state index in [-0.39, 0.29) is 5.56 Å². The maximum atomic E-state index is 13.7. The molecule has 1 saturated heterocycles. The van der Waals surface area contributed by atoms with Crippen LogP contribution >= 0.6 is 0 Å². The molecule has 5 heteroatoms. The molecule has 2 aromatic heterocycles. The van der Waals surface area contributed by atoms with Crippen molar-refractivity contribution in [3.05, 3.63) is 70.8 Å². The van der Waals surface area contributed by atoms with Crippen LogP contribution in [0.2, 0.25) is 0 Å². The maximum Gasteiger partial charge on any atom is 0.274 e. The lowest BCUT2D eigenvalue weighted by Crippen LogP contribution is -2.42. The zero-order chi connectivity index (χ0) is 22.9. The van der Waals surface area contributed by atoms with Crippen molar-refractivity contribution < 1.29 is 0 Å². The second-order valence-corrected chi connectivity index (χ2v) is 9.84. The highest BCUT2D eigenvalue weighted by atomic mass is 16.1. The molecule has 2 fully saturated rings. The molecule has 0 bridgehead atoms. The minimum absolute atomic E-state index is 0.0797. The largest absolute Gasteiger partial charge is 0.363 e. The van der Waals surface area contributed by atoms with Gasteiger partial charge in [-0.15, -0.1) is 0 Å². The number of benzene rings is 1. The first kappa shape index (κ1) is 21.9. The normalized spacial score (nSPS) is 18.3. The summed E-state index contributed by atoms with van der Waals surface area (Å²) in [5.41, 5.74) is 6.53. The van der Waals surface area contributed by atoms with Crippen LogP contribution < -0.4 is 15.8 Å². The van der Waals surface area contributed by atoms with Crippen molar-refractivity contribution in [1.29, 1.82) is 0 Å². The van der Waals surface area contributed by atoms with Gasteiger partial charge >= 0.3 is 0 Å². The monoisotopic (exact) mass is 442 g/mol. The predicted octanol–water partition coefficient (Wildman–Crippen LogP) is 4.96. The van der Waals surface area contributed by atoms with Gasteiger partial charge in [0.15, 0.2) is 0 Å². The Bertz CT molecular complexity index is 1180. The lowest BCUT2D eigenvalue weighted by Gasteiger charge is -2.29. The Labute approximate surface area is 196 Å². The van der Waals surface area contributed by atoms with E-state index in [0.29, 0.717) is 18.0 Å². The number of nitrogens with one attached hydrogen (secondary N) is 1. The highest BCUT2D eigenvalue weighted by molar-refractivity contribution is 5.83. The SMILES string of the molecule is CC(C)NC[C@H]1CCCN1c1cc(-c2ccncc2)c(-c2cccc(C3CC3)c2)n(C)c1=O. The van der Waals surface area contributed by atoms with Gasteiger partial charge in [0.2, 0.25) is 0 Å². The molecule has 33 heavy (non-hydrogen) atoms. The summed E-state index contributed by atoms with van der Waals surface area (Å²) >= 11 is 0. The Balaban J connectivity index is 1.64. The molecule has 1 saturated carbocycles. The minimum Gasteiger partial charge on any atom is -0.363 e. The van der Waals surface area contributed by atoms with E-state index in [9.17, 15) is 4.79 Å². The molecule has 0 unspecified atom stereocenters. The van der Waals surface area contributed by atoms with E-state index >= 15 is 0 Å². The number of hydrogen-bond acceptors (Lipinski definition) is 4. The molecule has 1 aliphatic heterocycles. The van der Waals surface area contributed by atoms with E-state index in [4.69, 9.17) is 0 Å². The summed E-state index contributed by atoms with van der Waals surface area (Å²) in [6, 6.07) is 15.8. The second kappa shape index (κ2) is 9.14. The number of rotatable bonds is 7. The van der Waals surface area contributed by atoms with Crippen LogP contribution in [0.4, 0.5) is 5.69 Å². The Kier molecular flexibility index (Phi) is 6.07. The van der Waals surface area contributed by atoms with E-state index < -0.39 is 0 Å². The molecule has 1 aliphatic carbocycles. The predicted molar refractivity (Wildman–Crippen MR) is 136 cm³/mol. The summed E-state index contributed by atoms with van der Waals surface area (Å²) in [5.74, 6) is 0.671. The van der Waals surface area contributed by atoms with E-state index in [2.05, 4.69) is 59.4 Å². The number of nitrogens with zero attached hydrogens (tertiary/aromatic N) is 3. The molecule has 0 radical (unpaired) electrons. The third-order valence-electron chi connectivity index (χ3n) is 7.04. The van der Waals surface area contributed by atoms with Gasteiger partial charge in [0.25, 0.3) is 5.56 Å². The summed E-state index contributed by atoms with van der Waals surface area (Å²) in [4.78, 5) is 20.3. The van der Waals surface area contributed by atoms with E-state index in [1.54, 1.807) is 0 Å². The van der Waals surface area contributed by atoms with Crippen LogP contribution in [-0.4, -0.2) is 34.7 Å². The van der Waals surface area contributed by atoms with Gasteiger partial charge in [-0.25, -0.2) is 0 Å². The minimum atomic E-state index is 0.0797. The number of pyridine rings is 2. The lowest BCUT2D eigenvalue weighted by atomic mass is 9.96. The second-order valence-electron chi connectivity index (χ2n) is 9.84. The van der Waals surface area contributed by atoms with Crippen LogP contribution in [0.3, 0.4) is 0 Å². The Morgan fingerprint density at radius 1 is 1.06 bits per heavy atom. The average Bonchev–Trinajstić information content (AvgIpc) is 3.58. The fraction of sp³-hybridized carbons (Fsp3) is 0.429. The van der Waals surface area contributed by atoms with Crippen LogP contribution in [0.25, 0.3) is 22.4 Å². The van der Waals surface area contributed by atoms with Crippen molar-refractivity contribution >= 4 is 5.69 Å². The highest BCUT2D eigenvalue weighted by Crippen LogP contribution is 2.42.